The van der Waals surface area contributed by atoms with Gasteiger partial charge < -0.3 is 10.1 Å². The topological polar surface area (TPSA) is 38.3 Å². The third-order valence-corrected chi connectivity index (χ3v) is 2.72. The number of hydrogen-bond acceptors (Lipinski definition) is 3. The summed E-state index contributed by atoms with van der Waals surface area (Å²) >= 11 is 0. The van der Waals surface area contributed by atoms with Gasteiger partial charge in [0.1, 0.15) is 6.04 Å². The monoisotopic (exact) mass is 155 g/mol. The molecule has 3 atom stereocenters. The van der Waals surface area contributed by atoms with Gasteiger partial charge in [0.25, 0.3) is 0 Å². The van der Waals surface area contributed by atoms with Crippen LogP contribution in [-0.2, 0) is 9.53 Å². The molecule has 0 radical (unpaired) electrons. The maximum atomic E-state index is 11.0. The number of fused-ring (bicyclic) bond motifs is 1. The summed E-state index contributed by atoms with van der Waals surface area (Å²) in [6.45, 7) is 1.00. The Balaban J connectivity index is 1.89. The van der Waals surface area contributed by atoms with Crippen molar-refractivity contribution in [3.63, 3.8) is 0 Å². The second-order valence-electron chi connectivity index (χ2n) is 3.48. The maximum Gasteiger partial charge on any atom is 0.322 e. The Morgan fingerprint density at radius 3 is 2.91 bits per heavy atom. The molecule has 1 saturated carbocycles. The lowest BCUT2D eigenvalue weighted by Crippen LogP contribution is -2.42. The molecule has 2 unspecified atom stereocenters. The summed E-state index contributed by atoms with van der Waals surface area (Å²) in [5.41, 5.74) is 0. The summed E-state index contributed by atoms with van der Waals surface area (Å²) in [4.78, 5) is 11.0. The highest BCUT2D eigenvalue weighted by Gasteiger charge is 2.44. The lowest BCUT2D eigenvalue weighted by atomic mass is 10.1. The summed E-state index contributed by atoms with van der Waals surface area (Å²) in [6.07, 6.45) is 2.29. The van der Waals surface area contributed by atoms with E-state index in [1.165, 1.54) is 13.5 Å². The minimum Gasteiger partial charge on any atom is -0.468 e. The quantitative estimate of drug-likeness (QED) is 0.548. The molecule has 3 nitrogen and oxygen atoms in total. The molecule has 1 aliphatic heterocycles. The Morgan fingerprint density at radius 1 is 1.45 bits per heavy atom. The molecule has 1 saturated heterocycles. The van der Waals surface area contributed by atoms with E-state index in [1.54, 1.807) is 0 Å². The van der Waals surface area contributed by atoms with E-state index in [0.29, 0.717) is 0 Å². The van der Waals surface area contributed by atoms with Crippen molar-refractivity contribution in [3.8, 4) is 0 Å². The third kappa shape index (κ3) is 1.25. The van der Waals surface area contributed by atoms with Crippen molar-refractivity contribution in [2.45, 2.75) is 18.9 Å². The first-order valence-electron chi connectivity index (χ1n) is 4.12. The van der Waals surface area contributed by atoms with Crippen LogP contribution in [0.2, 0.25) is 0 Å². The van der Waals surface area contributed by atoms with Crippen molar-refractivity contribution < 1.29 is 9.53 Å². The van der Waals surface area contributed by atoms with Crippen LogP contribution in [0.15, 0.2) is 0 Å². The van der Waals surface area contributed by atoms with Crippen LogP contribution in [0.5, 0.6) is 0 Å². The summed E-state index contributed by atoms with van der Waals surface area (Å²) in [6, 6.07) is -0.0243. The van der Waals surface area contributed by atoms with E-state index in [0.717, 1.165) is 24.8 Å². The zero-order valence-corrected chi connectivity index (χ0v) is 6.67. The second kappa shape index (κ2) is 2.48. The highest BCUT2D eigenvalue weighted by molar-refractivity contribution is 5.75. The fourth-order valence-corrected chi connectivity index (χ4v) is 1.85. The lowest BCUT2D eigenvalue weighted by Gasteiger charge is -2.20. The van der Waals surface area contributed by atoms with Gasteiger partial charge in [0.05, 0.1) is 7.11 Å². The minimum absolute atomic E-state index is 0.0243. The SMILES string of the molecule is COC(=O)[C@H]1CC2CC2CN1. The van der Waals surface area contributed by atoms with Crippen LogP contribution in [0, 0.1) is 11.8 Å². The molecule has 0 aromatic heterocycles. The highest BCUT2D eigenvalue weighted by atomic mass is 16.5. The highest BCUT2D eigenvalue weighted by Crippen LogP contribution is 2.44. The van der Waals surface area contributed by atoms with Crippen molar-refractivity contribution in [2.24, 2.45) is 11.8 Å². The van der Waals surface area contributed by atoms with Gasteiger partial charge in [0.2, 0.25) is 0 Å². The molecule has 0 aromatic carbocycles. The predicted molar refractivity (Wildman–Crippen MR) is 40.0 cm³/mol. The third-order valence-electron chi connectivity index (χ3n) is 2.72. The summed E-state index contributed by atoms with van der Waals surface area (Å²) in [5, 5.41) is 3.19. The van der Waals surface area contributed by atoms with E-state index in [9.17, 15) is 4.79 Å². The van der Waals surface area contributed by atoms with Gasteiger partial charge in [0.15, 0.2) is 0 Å². The first-order chi connectivity index (χ1) is 5.31. The number of methoxy groups -OCH3 is 1. The van der Waals surface area contributed by atoms with E-state index in [4.69, 9.17) is 0 Å². The van der Waals surface area contributed by atoms with Gasteiger partial charge in [-0.3, -0.25) is 4.79 Å². The lowest BCUT2D eigenvalue weighted by molar-refractivity contribution is -0.143. The zero-order valence-electron chi connectivity index (χ0n) is 6.67. The van der Waals surface area contributed by atoms with Crippen LogP contribution in [0.4, 0.5) is 0 Å². The molecule has 1 N–H and O–H groups in total. The van der Waals surface area contributed by atoms with Gasteiger partial charge in [-0.15, -0.1) is 0 Å². The summed E-state index contributed by atoms with van der Waals surface area (Å²) in [7, 11) is 1.45. The van der Waals surface area contributed by atoms with Gasteiger partial charge in [-0.2, -0.15) is 0 Å². The molecule has 62 valence electrons. The molecule has 0 amide bonds. The summed E-state index contributed by atoms with van der Waals surface area (Å²) < 4.78 is 4.66. The number of nitrogens with one attached hydrogen (secondary N) is 1. The van der Waals surface area contributed by atoms with E-state index in [1.807, 2.05) is 0 Å². The molecule has 1 aliphatic carbocycles. The minimum atomic E-state index is -0.102. The van der Waals surface area contributed by atoms with Gasteiger partial charge in [-0.1, -0.05) is 0 Å². The van der Waals surface area contributed by atoms with Crippen molar-refractivity contribution in [3.05, 3.63) is 0 Å². The standard InChI is InChI=1S/C8H13NO2/c1-11-8(10)7-3-5-2-6(5)4-9-7/h5-7,9H,2-4H2,1H3/t5?,6?,7-/m1/s1. The number of ether oxygens (including phenoxy) is 1. The van der Waals surface area contributed by atoms with E-state index in [-0.39, 0.29) is 12.0 Å². The Labute approximate surface area is 66.1 Å². The summed E-state index contributed by atoms with van der Waals surface area (Å²) in [5.74, 6) is 1.56. The van der Waals surface area contributed by atoms with Crippen LogP contribution in [0.3, 0.4) is 0 Å². The number of carbonyl (C=O) groups excluding carboxylic acids is 1. The van der Waals surface area contributed by atoms with Gasteiger partial charge in [-0.05, 0) is 31.2 Å². The van der Waals surface area contributed by atoms with Crippen LogP contribution < -0.4 is 5.32 Å². The largest absolute Gasteiger partial charge is 0.468 e. The number of esters is 1. The normalized spacial score (nSPS) is 41.0. The Morgan fingerprint density at radius 2 is 2.27 bits per heavy atom. The number of piperidine rings is 1. The average molecular weight is 155 g/mol. The Hall–Kier alpha value is -0.570. The van der Waals surface area contributed by atoms with Gasteiger partial charge in [0, 0.05) is 0 Å². The number of hydrogen-bond donors (Lipinski definition) is 1. The molecule has 11 heavy (non-hydrogen) atoms. The van der Waals surface area contributed by atoms with Crippen molar-refractivity contribution in [1.29, 1.82) is 0 Å². The molecule has 0 spiro atoms. The van der Waals surface area contributed by atoms with Gasteiger partial charge >= 0.3 is 5.97 Å². The molecule has 3 heteroatoms. The van der Waals surface area contributed by atoms with Crippen molar-refractivity contribution in [2.75, 3.05) is 13.7 Å². The number of carbonyl (C=O) groups is 1. The van der Waals surface area contributed by atoms with Crippen molar-refractivity contribution >= 4 is 5.97 Å². The number of rotatable bonds is 1. The first kappa shape index (κ1) is 7.10. The second-order valence-corrected chi connectivity index (χ2v) is 3.48. The fourth-order valence-electron chi connectivity index (χ4n) is 1.85. The molecule has 1 heterocycles. The smallest absolute Gasteiger partial charge is 0.322 e. The predicted octanol–water partition coefficient (Wildman–Crippen LogP) is 0.157. The zero-order chi connectivity index (χ0) is 7.84. The molecule has 0 aromatic rings. The molecular formula is C8H13NO2. The molecule has 2 aliphatic rings. The Kier molecular flexibility index (Phi) is 1.60. The van der Waals surface area contributed by atoms with Crippen molar-refractivity contribution in [1.82, 2.24) is 5.32 Å². The molecular weight excluding hydrogens is 142 g/mol. The van der Waals surface area contributed by atoms with Crippen LogP contribution in [0.1, 0.15) is 12.8 Å². The van der Waals surface area contributed by atoms with Crippen LogP contribution >= 0.6 is 0 Å². The first-order valence-corrected chi connectivity index (χ1v) is 4.12. The fraction of sp³-hybridized carbons (Fsp3) is 0.875. The van der Waals surface area contributed by atoms with E-state index in [2.05, 4.69) is 10.1 Å². The van der Waals surface area contributed by atoms with E-state index >= 15 is 0 Å². The molecule has 2 fully saturated rings. The molecule has 0 bridgehead atoms. The average Bonchev–Trinajstić information content (AvgIpc) is 2.80. The van der Waals surface area contributed by atoms with Crippen LogP contribution in [-0.4, -0.2) is 25.7 Å². The van der Waals surface area contributed by atoms with E-state index < -0.39 is 0 Å². The Bertz CT molecular complexity index is 181. The maximum absolute atomic E-state index is 11.0. The van der Waals surface area contributed by atoms with Gasteiger partial charge in [-0.25, -0.2) is 0 Å². The van der Waals surface area contributed by atoms with Crippen LogP contribution in [0.25, 0.3) is 0 Å². The molecule has 2 rings (SSSR count).